The van der Waals surface area contributed by atoms with Gasteiger partial charge in [0, 0.05) is 53.7 Å². The van der Waals surface area contributed by atoms with Crippen molar-refractivity contribution in [2.24, 2.45) is 0 Å². The van der Waals surface area contributed by atoms with Gasteiger partial charge < -0.3 is 15.9 Å². The molecule has 0 aliphatic heterocycles. The third-order valence-electron chi connectivity index (χ3n) is 8.74. The maximum atomic E-state index is 10.7. The molecule has 1 N–H and O–H groups in total. The summed E-state index contributed by atoms with van der Waals surface area (Å²) in [6, 6.07) is 40.9. The van der Waals surface area contributed by atoms with E-state index < -0.39 is 5.97 Å². The molecule has 9 aromatic heterocycles. The third kappa shape index (κ3) is 10.5. The molecule has 16 heteroatoms. The summed E-state index contributed by atoms with van der Waals surface area (Å²) >= 11 is 14.6. The number of hydrogen-bond acceptors (Lipinski definition) is 11. The summed E-state index contributed by atoms with van der Waals surface area (Å²) in [7, 11) is 0. The Hall–Kier alpha value is -5.89. The van der Waals surface area contributed by atoms with Crippen LogP contribution in [0.4, 0.5) is 0 Å². The Bertz CT molecular complexity index is 3070. The molecule has 0 radical (unpaired) electrons. The number of pyridine rings is 4. The second kappa shape index (κ2) is 21.6. The summed E-state index contributed by atoms with van der Waals surface area (Å²) in [5.41, 5.74) is 6.73. The van der Waals surface area contributed by atoms with Gasteiger partial charge in [0.2, 0.25) is 0 Å². The van der Waals surface area contributed by atoms with Gasteiger partial charge in [-0.25, -0.2) is 4.79 Å². The number of aromatic carboxylic acids is 1. The van der Waals surface area contributed by atoms with Crippen LogP contribution in [0.25, 0.3) is 90.4 Å². The van der Waals surface area contributed by atoms with Gasteiger partial charge in [0.15, 0.2) is 0 Å². The fraction of sp³-hybridized carbons (Fsp3) is 0. The van der Waals surface area contributed by atoms with Crippen LogP contribution in [0.3, 0.4) is 0 Å². The number of rotatable bonds is 7. The maximum absolute atomic E-state index is 10.7. The standard InChI is InChI=1S/C32H19N3S4.C11H8N2O2.2CNS.Ru/c1-2-14-33-23(5-1)24-18-22-21-17-20(27-10-11-30(38-27)28-6-3-15-36-28)8-9-25(21)35(26(22)19-34-24)32-13-12-31(39-32)29-7-4-16-37-29;14-11(15)8-4-6-13-10(7-8)9-3-1-2-5-12-9;2*2-1-3;/h1-19H;1-7H,(H,14,15);;;/q;;2*-1;+2. The van der Waals surface area contributed by atoms with Crippen molar-refractivity contribution in [1.82, 2.24) is 24.5 Å². The van der Waals surface area contributed by atoms with Gasteiger partial charge >= 0.3 is 25.4 Å². The molecule has 0 saturated heterocycles. The van der Waals surface area contributed by atoms with E-state index in [0.29, 0.717) is 11.4 Å². The molecular formula is C45H27N7O2RuS6. The molecule has 0 amide bonds. The molecule has 0 unspecified atom stereocenters. The number of aromatic nitrogens is 5. The van der Waals surface area contributed by atoms with E-state index in [1.54, 1.807) is 41.0 Å². The van der Waals surface area contributed by atoms with Crippen LogP contribution in [0.15, 0.2) is 157 Å². The van der Waals surface area contributed by atoms with Crippen molar-refractivity contribution in [3.63, 3.8) is 0 Å². The van der Waals surface area contributed by atoms with E-state index in [2.05, 4.69) is 128 Å². The van der Waals surface area contributed by atoms with Crippen molar-refractivity contribution in [2.75, 3.05) is 0 Å². The topological polar surface area (TPSA) is 138 Å². The molecule has 0 spiro atoms. The summed E-state index contributed by atoms with van der Waals surface area (Å²) in [6.45, 7) is 0. The SMILES string of the molecule is O=C(O)c1ccnc(-c2ccccn2)c1.[N-]=C=S.[N-]=C=S.[Ru+2].c1ccc(-c2cc3c4cc(-c5ccc(-c6cccs6)s5)ccc4n(-c4ccc(-c5cccs5)s4)c3cn2)nc1. The summed E-state index contributed by atoms with van der Waals surface area (Å²) in [6.07, 6.45) is 6.93. The fourth-order valence-corrected chi connectivity index (χ4v) is 9.93. The Labute approximate surface area is 389 Å². The Morgan fingerprint density at radius 2 is 1.15 bits per heavy atom. The number of nitrogens with zero attached hydrogens (tertiary/aromatic N) is 7. The molecule has 0 saturated carbocycles. The predicted octanol–water partition coefficient (Wildman–Crippen LogP) is 13.6. The predicted molar refractivity (Wildman–Crippen MR) is 256 cm³/mol. The zero-order valence-corrected chi connectivity index (χ0v) is 37.9. The number of carboxylic acids is 1. The number of hydrogen-bond donors (Lipinski definition) is 1. The number of thiophene rings is 4. The van der Waals surface area contributed by atoms with Gasteiger partial charge in [-0.15, -0.1) is 45.3 Å². The Balaban J connectivity index is 0.000000236. The Kier molecular flexibility index (Phi) is 15.8. The van der Waals surface area contributed by atoms with Crippen molar-refractivity contribution in [2.45, 2.75) is 0 Å². The van der Waals surface area contributed by atoms with Gasteiger partial charge in [0.25, 0.3) is 0 Å². The molecule has 10 rings (SSSR count). The summed E-state index contributed by atoms with van der Waals surface area (Å²) < 4.78 is 2.36. The maximum Gasteiger partial charge on any atom is 2.00 e. The van der Waals surface area contributed by atoms with E-state index in [4.69, 9.17) is 20.9 Å². The van der Waals surface area contributed by atoms with Gasteiger partial charge in [-0.2, -0.15) is 10.3 Å². The largest absolute Gasteiger partial charge is 2.00 e. The van der Waals surface area contributed by atoms with Crippen LogP contribution in [0.2, 0.25) is 0 Å². The molecule has 0 atom stereocenters. The number of fused-ring (bicyclic) bond motifs is 3. The van der Waals surface area contributed by atoms with Crippen LogP contribution in [-0.2, 0) is 19.5 Å². The van der Waals surface area contributed by atoms with Crippen LogP contribution < -0.4 is 0 Å². The number of carbonyl (C=O) groups is 1. The molecule has 61 heavy (non-hydrogen) atoms. The number of benzene rings is 1. The first kappa shape index (κ1) is 44.7. The van der Waals surface area contributed by atoms with Gasteiger partial charge in [-0.05, 0) is 107 Å². The first-order valence-corrected chi connectivity index (χ1v) is 21.9. The second-order valence-electron chi connectivity index (χ2n) is 12.3. The van der Waals surface area contributed by atoms with Crippen molar-refractivity contribution in [3.05, 3.63) is 173 Å². The van der Waals surface area contributed by atoms with Gasteiger partial charge in [-0.1, -0.05) is 54.8 Å². The van der Waals surface area contributed by atoms with Gasteiger partial charge in [0.05, 0.1) is 45.6 Å². The summed E-state index contributed by atoms with van der Waals surface area (Å²) in [5.74, 6) is -0.963. The molecule has 298 valence electrons. The zero-order valence-electron chi connectivity index (χ0n) is 31.3. The molecule has 10 aromatic rings. The van der Waals surface area contributed by atoms with Gasteiger partial charge in [-0.3, -0.25) is 24.5 Å². The molecule has 9 heterocycles. The molecule has 0 aliphatic carbocycles. The molecular weight excluding hydrogens is 964 g/mol. The van der Waals surface area contributed by atoms with Crippen LogP contribution in [0, 0.1) is 0 Å². The van der Waals surface area contributed by atoms with Gasteiger partial charge in [0.1, 0.15) is 5.00 Å². The van der Waals surface area contributed by atoms with Crippen molar-refractivity contribution in [1.29, 1.82) is 0 Å². The normalized spacial score (nSPS) is 10.1. The number of carboxylic acid groups (broad SMARTS) is 1. The first-order chi connectivity index (χ1) is 29.4. The Morgan fingerprint density at radius 3 is 1.74 bits per heavy atom. The third-order valence-corrected chi connectivity index (χ3v) is 13.1. The molecule has 9 nitrogen and oxygen atoms in total. The van der Waals surface area contributed by atoms with Crippen LogP contribution in [-0.4, -0.2) is 45.9 Å². The molecule has 1 aromatic carbocycles. The average molecular weight is 991 g/mol. The minimum atomic E-state index is -0.963. The van der Waals surface area contributed by atoms with Crippen molar-refractivity contribution in [3.8, 4) is 57.7 Å². The first-order valence-electron chi connectivity index (χ1n) is 17.7. The number of thiocarbonyl (C=S) groups is 2. The fourth-order valence-electron chi connectivity index (χ4n) is 6.22. The summed E-state index contributed by atoms with van der Waals surface area (Å²) in [4.78, 5) is 34.8. The zero-order chi connectivity index (χ0) is 41.8. The monoisotopic (exact) mass is 991 g/mol. The van der Waals surface area contributed by atoms with Crippen molar-refractivity contribution < 1.29 is 29.4 Å². The van der Waals surface area contributed by atoms with E-state index in [1.165, 1.54) is 79.9 Å². The van der Waals surface area contributed by atoms with Crippen LogP contribution in [0.1, 0.15) is 10.4 Å². The quantitative estimate of drug-likeness (QED) is 0.0946. The van der Waals surface area contributed by atoms with E-state index in [-0.39, 0.29) is 25.0 Å². The molecule has 0 bridgehead atoms. The van der Waals surface area contributed by atoms with E-state index in [0.717, 1.165) is 16.9 Å². The molecule has 0 aliphatic rings. The minimum Gasteiger partial charge on any atom is -0.753 e. The molecule has 0 fully saturated rings. The van der Waals surface area contributed by atoms with Crippen molar-refractivity contribution >= 4 is 108 Å². The van der Waals surface area contributed by atoms with Crippen LogP contribution in [0.5, 0.6) is 0 Å². The van der Waals surface area contributed by atoms with E-state index in [9.17, 15) is 4.79 Å². The number of isothiocyanates is 2. The minimum absolute atomic E-state index is 0. The second-order valence-corrected chi connectivity index (χ2v) is 16.7. The van der Waals surface area contributed by atoms with E-state index in [1.807, 2.05) is 59.3 Å². The average Bonchev–Trinajstić information content (AvgIpc) is 4.15. The summed E-state index contributed by atoms with van der Waals surface area (Å²) in [5, 5.41) is 33.6. The smallest absolute Gasteiger partial charge is 0.753 e. The van der Waals surface area contributed by atoms with Crippen LogP contribution >= 0.6 is 69.8 Å². The Morgan fingerprint density at radius 1 is 0.574 bits per heavy atom. The van der Waals surface area contributed by atoms with E-state index >= 15 is 0 Å².